The number of unbranched alkanes of at least 4 members (excludes halogenated alkanes) is 1. The number of aromatic nitrogens is 3. The fourth-order valence-electron chi connectivity index (χ4n) is 2.76. The quantitative estimate of drug-likeness (QED) is 0.207. The zero-order valence-electron chi connectivity index (χ0n) is 24.6. The third-order valence-corrected chi connectivity index (χ3v) is 4.46. The van der Waals surface area contributed by atoms with E-state index in [2.05, 4.69) is 67.0 Å². The molecule has 0 radical (unpaired) electrons. The van der Waals surface area contributed by atoms with Crippen molar-refractivity contribution in [3.63, 3.8) is 0 Å². The monoisotopic (exact) mass is 527 g/mol. The fourth-order valence-corrected chi connectivity index (χ4v) is 2.76. The van der Waals surface area contributed by atoms with Crippen molar-refractivity contribution >= 4 is 18.2 Å². The fraction of sp³-hybridized carbons (Fsp3) is 0.429. The Morgan fingerprint density at radius 2 is 1.82 bits per heavy atom. The van der Waals surface area contributed by atoms with Crippen LogP contribution in [-0.4, -0.2) is 51.6 Å². The third-order valence-electron chi connectivity index (χ3n) is 4.46. The average Bonchev–Trinajstić information content (AvgIpc) is 2.93. The molecule has 9 nitrogen and oxygen atoms in total. The molecule has 0 saturated heterocycles. The minimum absolute atomic E-state index is 0. The number of rotatable bonds is 9. The van der Waals surface area contributed by atoms with Crippen LogP contribution in [0.1, 0.15) is 56.6 Å². The van der Waals surface area contributed by atoms with Gasteiger partial charge in [0.15, 0.2) is 0 Å². The number of hydrogen-bond acceptors (Lipinski definition) is 7. The summed E-state index contributed by atoms with van der Waals surface area (Å²) < 4.78 is 5.02. The van der Waals surface area contributed by atoms with Crippen LogP contribution in [-0.2, 0) is 22.4 Å². The Kier molecular flexibility index (Phi) is 34.4. The number of carboxylic acids is 1. The van der Waals surface area contributed by atoms with Gasteiger partial charge in [0.25, 0.3) is 0 Å². The Balaban J connectivity index is -0.000000221. The summed E-state index contributed by atoms with van der Waals surface area (Å²) in [5.41, 5.74) is 2.57. The van der Waals surface area contributed by atoms with Crippen molar-refractivity contribution in [1.82, 2.24) is 20.3 Å². The summed E-state index contributed by atoms with van der Waals surface area (Å²) in [6.45, 7) is 24.0. The van der Waals surface area contributed by atoms with Gasteiger partial charge in [0.05, 0.1) is 6.04 Å². The van der Waals surface area contributed by atoms with E-state index in [4.69, 9.17) is 9.84 Å². The van der Waals surface area contributed by atoms with Crippen LogP contribution in [0.3, 0.4) is 0 Å². The molecule has 3 N–H and O–H groups in total. The standard InChI is InChI=1S/C12H17N2.C7H9N2O.C5H7NO3.2C2H5.2Li/c1-2-3-6-11-8-7-10-5-4-9-13-12(10)14-11;1-3-10-7-4-5-8-6(2)9-7;1-2-4(5(8)9)6-3-7;2*1-2;;/h7-8H,1-6,9H2,(H,13,14);4-5H,1,3H2,2H3;4H,1-2H2,(H,6,7)(H,8,9);2*1H2,2H3;;/q2*-1;-2;2*-1;2*+1/t;;4-;;;;/m..0..../s1. The van der Waals surface area contributed by atoms with Crippen LogP contribution in [0.25, 0.3) is 0 Å². The van der Waals surface area contributed by atoms with Crippen molar-refractivity contribution in [2.75, 3.05) is 18.5 Å². The van der Waals surface area contributed by atoms with Crippen molar-refractivity contribution in [1.29, 1.82) is 0 Å². The first-order valence-electron chi connectivity index (χ1n) is 12.2. The number of fused-ring (bicyclic) bond motifs is 1. The number of aryl methyl sites for hydroxylation is 3. The smallest absolute Gasteiger partial charge is 0.521 e. The zero-order chi connectivity index (χ0) is 28.5. The number of ether oxygens (including phenoxy) is 1. The third kappa shape index (κ3) is 21.5. The Labute approximate surface area is 260 Å². The van der Waals surface area contributed by atoms with E-state index in [-0.39, 0.29) is 44.1 Å². The number of carboxylic acid groups (broad SMARTS) is 1. The second-order valence-electron chi connectivity index (χ2n) is 7.01. The molecular weight excluding hydrogens is 484 g/mol. The Morgan fingerprint density at radius 1 is 1.15 bits per heavy atom. The van der Waals surface area contributed by atoms with Gasteiger partial charge < -0.3 is 59.9 Å². The largest absolute Gasteiger partial charge is 1.00 e. The summed E-state index contributed by atoms with van der Waals surface area (Å²) in [4.78, 5) is 32.1. The number of carbonyl (C=O) groups is 1. The number of amides is 1. The van der Waals surface area contributed by atoms with Crippen LogP contribution >= 0.6 is 0 Å². The van der Waals surface area contributed by atoms with E-state index in [1.165, 1.54) is 30.5 Å². The molecular formula is C28H43Li2N5O4-4. The number of pyridine rings is 1. The van der Waals surface area contributed by atoms with Crippen LogP contribution in [0.5, 0.6) is 5.88 Å². The van der Waals surface area contributed by atoms with Crippen LogP contribution in [0.2, 0.25) is 0 Å². The molecule has 11 heteroatoms. The van der Waals surface area contributed by atoms with Gasteiger partial charge in [0.2, 0.25) is 5.88 Å². The van der Waals surface area contributed by atoms with E-state index in [9.17, 15) is 9.59 Å². The number of hydrogen-bond donors (Lipinski definition) is 3. The number of carbonyl (C=O) groups excluding carboxylic acids is 1. The van der Waals surface area contributed by atoms with Gasteiger partial charge in [-0.1, -0.05) is 12.5 Å². The molecule has 1 atom stereocenters. The normalized spacial score (nSPS) is 10.8. The predicted octanol–water partition coefficient (Wildman–Crippen LogP) is -1.40. The van der Waals surface area contributed by atoms with Crippen molar-refractivity contribution < 1.29 is 57.2 Å². The maximum atomic E-state index is 10.0. The Bertz CT molecular complexity index is 860. The summed E-state index contributed by atoms with van der Waals surface area (Å²) in [5.74, 6) is 1.32. The Morgan fingerprint density at radius 3 is 2.31 bits per heavy atom. The first-order valence-corrected chi connectivity index (χ1v) is 12.2. The molecule has 0 bridgehead atoms. The summed E-state index contributed by atoms with van der Waals surface area (Å²) in [6, 6.07) is 5.18. The molecule has 1 aliphatic rings. The second kappa shape index (κ2) is 30.5. The molecule has 0 unspecified atom stereocenters. The minimum atomic E-state index is -1.09. The van der Waals surface area contributed by atoms with Gasteiger partial charge in [0.1, 0.15) is 11.6 Å². The van der Waals surface area contributed by atoms with E-state index in [1.54, 1.807) is 26.1 Å². The van der Waals surface area contributed by atoms with Crippen molar-refractivity contribution in [3.05, 3.63) is 76.1 Å². The van der Waals surface area contributed by atoms with Crippen LogP contribution in [0.15, 0.2) is 24.4 Å². The van der Waals surface area contributed by atoms with E-state index in [1.807, 2.05) is 12.2 Å². The van der Waals surface area contributed by atoms with Gasteiger partial charge in [-0.05, 0) is 44.4 Å². The SMILES string of the molecule is [CH2-]C.[CH2-]C.[CH2-]CCCc1ccc2c(n1)NCCC2.[CH2-]COc1ccnc(C)n1.[CH2-]C[C@H](N[C-]=O)C(=O)O.[Li+].[Li+]. The topological polar surface area (TPSA) is 126 Å². The molecule has 1 aliphatic heterocycles. The summed E-state index contributed by atoms with van der Waals surface area (Å²) in [6.07, 6.45) is 8.65. The molecule has 1 amide bonds. The van der Waals surface area contributed by atoms with Crippen molar-refractivity contribution in [3.8, 4) is 5.88 Å². The maximum Gasteiger partial charge on any atom is 1.00 e. The molecule has 2 aromatic rings. The minimum Gasteiger partial charge on any atom is -0.521 e. The molecule has 210 valence electrons. The van der Waals surface area contributed by atoms with E-state index >= 15 is 0 Å². The molecule has 39 heavy (non-hydrogen) atoms. The predicted molar refractivity (Wildman–Crippen MR) is 149 cm³/mol. The van der Waals surface area contributed by atoms with Crippen molar-refractivity contribution in [2.24, 2.45) is 0 Å². The van der Waals surface area contributed by atoms with Gasteiger partial charge in [-0.15, -0.1) is 0 Å². The maximum absolute atomic E-state index is 10.0. The van der Waals surface area contributed by atoms with Gasteiger partial charge in [-0.25, -0.2) is 9.97 Å². The van der Waals surface area contributed by atoms with Gasteiger partial charge in [-0.3, -0.25) is 4.79 Å². The number of anilines is 1. The van der Waals surface area contributed by atoms with Gasteiger partial charge >= 0.3 is 43.7 Å². The Hall–Kier alpha value is -2.04. The molecule has 0 aromatic carbocycles. The molecule has 2 aromatic heterocycles. The average molecular weight is 528 g/mol. The molecule has 0 saturated carbocycles. The molecule has 0 fully saturated rings. The summed E-state index contributed by atoms with van der Waals surface area (Å²) >= 11 is 0. The van der Waals surface area contributed by atoms with Crippen molar-refractivity contribution in [2.45, 2.75) is 65.3 Å². The number of nitrogens with one attached hydrogen (secondary N) is 2. The number of aliphatic carboxylic acids is 1. The first-order chi connectivity index (χ1) is 17.9. The second-order valence-corrected chi connectivity index (χ2v) is 7.01. The molecule has 0 aliphatic carbocycles. The van der Waals surface area contributed by atoms with Crippen LogP contribution in [0, 0.1) is 41.5 Å². The number of nitrogens with zero attached hydrogens (tertiary/aromatic N) is 3. The molecule has 3 heterocycles. The van der Waals surface area contributed by atoms with Gasteiger partial charge in [-0.2, -0.15) is 38.1 Å². The van der Waals surface area contributed by atoms with E-state index < -0.39 is 12.0 Å². The summed E-state index contributed by atoms with van der Waals surface area (Å²) in [5, 5.41) is 13.5. The molecule has 3 rings (SSSR count). The van der Waals surface area contributed by atoms with Crippen LogP contribution < -0.4 is 53.1 Å². The van der Waals surface area contributed by atoms with Gasteiger partial charge in [0, 0.05) is 24.5 Å². The van der Waals surface area contributed by atoms with E-state index in [0.717, 1.165) is 31.6 Å². The van der Waals surface area contributed by atoms with E-state index in [0.29, 0.717) is 18.3 Å². The summed E-state index contributed by atoms with van der Waals surface area (Å²) in [7, 11) is 0. The zero-order valence-corrected chi connectivity index (χ0v) is 24.6. The first kappa shape index (κ1) is 44.0. The van der Waals surface area contributed by atoms with Crippen LogP contribution in [0.4, 0.5) is 5.82 Å². The molecule has 0 spiro atoms.